The van der Waals surface area contributed by atoms with Crippen molar-refractivity contribution in [2.75, 3.05) is 26.2 Å². The van der Waals surface area contributed by atoms with Crippen molar-refractivity contribution in [2.24, 2.45) is 46.4 Å². The smallest absolute Gasteiger partial charge is 0.326 e. The zero-order valence-corrected chi connectivity index (χ0v) is 59.8. The maximum atomic E-state index is 14.4. The largest absolute Gasteiger partial charge is 0.481 e. The van der Waals surface area contributed by atoms with Gasteiger partial charge in [-0.25, -0.2) is 9.78 Å². The minimum Gasteiger partial charge on any atom is -0.481 e. The second-order valence-electron chi connectivity index (χ2n) is 26.7. The van der Waals surface area contributed by atoms with Gasteiger partial charge in [0.25, 0.3) is 0 Å². The molecule has 40 nitrogen and oxygen atoms in total. The van der Waals surface area contributed by atoms with Crippen LogP contribution in [-0.4, -0.2) is 241 Å². The number of hydrogen-bond acceptors (Lipinski definition) is 21. The normalized spacial score (nSPS) is 17.3. The molecule has 3 heterocycles. The molecule has 0 bridgehead atoms. The van der Waals surface area contributed by atoms with Gasteiger partial charge in [0.05, 0.1) is 25.3 Å². The highest BCUT2D eigenvalue weighted by molar-refractivity contribution is 6.01. The van der Waals surface area contributed by atoms with Gasteiger partial charge >= 0.3 is 11.9 Å². The Morgan fingerprint density at radius 2 is 0.952 bits per heavy atom. The molecule has 0 aromatic carbocycles. The Labute approximate surface area is 600 Å². The van der Waals surface area contributed by atoms with E-state index in [4.69, 9.17) is 28.7 Å². The highest BCUT2D eigenvalue weighted by Crippen LogP contribution is 2.23. The molecule has 2 aliphatic heterocycles. The van der Waals surface area contributed by atoms with E-state index in [9.17, 15) is 96.5 Å². The Balaban J connectivity index is 1.74. The van der Waals surface area contributed by atoms with Gasteiger partial charge in [-0.15, -0.1) is 0 Å². The summed E-state index contributed by atoms with van der Waals surface area (Å²) in [6.45, 7) is 11.8. The molecule has 580 valence electrons. The highest BCUT2D eigenvalue weighted by Gasteiger charge is 2.43. The molecule has 0 aliphatic carbocycles. The maximum absolute atomic E-state index is 14.4. The van der Waals surface area contributed by atoms with Gasteiger partial charge in [0, 0.05) is 50.7 Å². The monoisotopic (exact) mass is 1470 g/mol. The van der Waals surface area contributed by atoms with E-state index in [1.807, 2.05) is 0 Å². The van der Waals surface area contributed by atoms with Crippen molar-refractivity contribution in [3.05, 3.63) is 18.2 Å². The molecule has 24 N–H and O–H groups in total. The molecule has 1 aromatic rings. The second-order valence-corrected chi connectivity index (χ2v) is 26.7. The topological polar surface area (TPSA) is 645 Å². The van der Waals surface area contributed by atoms with Crippen LogP contribution in [0.15, 0.2) is 12.5 Å². The molecule has 40 heteroatoms. The van der Waals surface area contributed by atoms with Gasteiger partial charge in [-0.2, -0.15) is 0 Å². The molecule has 1 aromatic heterocycles. The first-order valence-corrected chi connectivity index (χ1v) is 34.4. The second kappa shape index (κ2) is 42.9. The van der Waals surface area contributed by atoms with Crippen molar-refractivity contribution < 1.29 is 96.5 Å². The Hall–Kier alpha value is -10.4. The number of carbonyl (C=O) groups excluding carboxylic acids is 16. The predicted molar refractivity (Wildman–Crippen MR) is 366 cm³/mol. The molecule has 0 unspecified atom stereocenters. The van der Waals surface area contributed by atoms with Crippen LogP contribution in [-0.2, 0) is 92.7 Å². The molecule has 0 saturated carbocycles. The summed E-state index contributed by atoms with van der Waals surface area (Å²) in [4.78, 5) is 247. The Kier molecular flexibility index (Phi) is 36.2. The number of aromatic amines is 1. The van der Waals surface area contributed by atoms with Crippen molar-refractivity contribution in [3.63, 3.8) is 0 Å². The molecular weight excluding hydrogens is 1370 g/mol. The van der Waals surface area contributed by atoms with Crippen LogP contribution in [0.3, 0.4) is 0 Å². The fraction of sp³-hybridized carbons (Fsp3) is 0.672. The maximum Gasteiger partial charge on any atom is 0.326 e. The number of amides is 16. The Bertz CT molecular complexity index is 3240. The van der Waals surface area contributed by atoms with Crippen molar-refractivity contribution >= 4 is 106 Å². The van der Waals surface area contributed by atoms with Crippen LogP contribution < -0.4 is 87.2 Å². The van der Waals surface area contributed by atoms with E-state index < -0.39 is 248 Å². The SMILES string of the molecule is CC(C)[C@H](NC(=O)[C@H](Cc1cnc[nH]1)NC(=O)[C@@H](NC(=O)[C@@H]1CCCN1C(=O)[C@@H](N)CCCCN)C(C)C)C(=O)N[C@H](C(=O)N[C@@H](C)C(=O)N[C@@H](CC(N)=O)C(=O)N1CCC[C@H]1C(=O)N[C@@H](CCC(N)=O)C(=O)N[C@@H](C)C(=O)N[C@@H](CCC(=O)O)C(=O)NCC(=O)N[C@@H](CCC(N)=O)C(=O)O)C(C)C. The summed E-state index contributed by atoms with van der Waals surface area (Å²) in [6, 6.07) is -18.3. The van der Waals surface area contributed by atoms with Crippen molar-refractivity contribution in [1.29, 1.82) is 0 Å². The van der Waals surface area contributed by atoms with Gasteiger partial charge < -0.3 is 112 Å². The minimum absolute atomic E-state index is 0.0497. The van der Waals surface area contributed by atoms with Crippen molar-refractivity contribution in [3.8, 4) is 0 Å². The van der Waals surface area contributed by atoms with E-state index in [1.54, 1.807) is 41.5 Å². The molecular formula is C64H104N20O20. The number of primary amides is 3. The zero-order valence-electron chi connectivity index (χ0n) is 59.8. The highest BCUT2D eigenvalue weighted by atomic mass is 16.4. The Morgan fingerprint density at radius 1 is 0.500 bits per heavy atom. The van der Waals surface area contributed by atoms with Gasteiger partial charge in [-0.05, 0) is 95.9 Å². The number of carbonyl (C=O) groups is 18. The number of likely N-dealkylation sites (tertiary alicyclic amines) is 2. The first kappa shape index (κ1) is 87.8. The number of nitrogens with one attached hydrogen (secondary N) is 12. The summed E-state index contributed by atoms with van der Waals surface area (Å²) in [5, 5.41) is 45.6. The van der Waals surface area contributed by atoms with E-state index >= 15 is 0 Å². The van der Waals surface area contributed by atoms with E-state index in [2.05, 4.69) is 68.5 Å². The number of hydrogen-bond donors (Lipinski definition) is 19. The summed E-state index contributed by atoms with van der Waals surface area (Å²) < 4.78 is 0. The van der Waals surface area contributed by atoms with Crippen molar-refractivity contribution in [2.45, 2.75) is 230 Å². The lowest BCUT2D eigenvalue weighted by molar-refractivity contribution is -0.143. The lowest BCUT2D eigenvalue weighted by Crippen LogP contribution is -2.62. The number of H-pyrrole nitrogens is 1. The summed E-state index contributed by atoms with van der Waals surface area (Å²) >= 11 is 0. The molecule has 13 atom stereocenters. The number of carboxylic acid groups (broad SMARTS) is 2. The minimum atomic E-state index is -1.77. The molecule has 0 radical (unpaired) electrons. The lowest BCUT2D eigenvalue weighted by atomic mass is 9.98. The standard InChI is InChI=1S/C64H104N20O20/c1-30(2)49(82-61(100)51(32(5)6)80-56(95)40(25-35-27-70-29-72-35)78-60(99)50(31(3)4)81-58(97)43-15-11-23-83(43)62(101)36(66)13-9-10-22-65)59(98)74-34(8)53(92)79-41(26-46(69)87)63(102)84-24-12-14-42(84)57(96)77-38(16-19-44(67)85)55(94)73-33(7)52(91)76-37(18-21-48(89)90)54(93)71-28-47(88)75-39(64(103)104)17-20-45(68)86/h27,29-34,36-43,49-51H,9-26,28,65-66H2,1-8H3,(H2,67,85)(H2,68,86)(H2,69,87)(H,70,72)(H,71,93)(H,73,94)(H,74,98)(H,75,88)(H,76,91)(H,77,96)(H,78,99)(H,79,92)(H,80,95)(H,81,97)(H,82,100)(H,89,90)(H,103,104)/t33-,34-,36-,37-,38-,39-,40-,41-,42-,43-,49-,50-,51-/m0/s1. The first-order chi connectivity index (χ1) is 48.8. The lowest BCUT2D eigenvalue weighted by Gasteiger charge is -2.31. The number of nitrogens with zero attached hydrogens (tertiary/aromatic N) is 3. The van der Waals surface area contributed by atoms with E-state index in [1.165, 1.54) is 24.3 Å². The average Bonchev–Trinajstić information content (AvgIpc) is 1.62. The fourth-order valence-electron chi connectivity index (χ4n) is 11.3. The predicted octanol–water partition coefficient (Wildman–Crippen LogP) is -7.28. The number of nitrogens with two attached hydrogens (primary N) is 5. The van der Waals surface area contributed by atoms with Crippen molar-refractivity contribution in [1.82, 2.24) is 78.3 Å². The van der Waals surface area contributed by atoms with E-state index in [0.717, 1.165) is 11.8 Å². The summed E-state index contributed by atoms with van der Waals surface area (Å²) in [7, 11) is 0. The van der Waals surface area contributed by atoms with Crippen LogP contribution in [0.2, 0.25) is 0 Å². The Morgan fingerprint density at radius 3 is 1.45 bits per heavy atom. The quantitative estimate of drug-likeness (QED) is 0.0270. The van der Waals surface area contributed by atoms with Crippen LogP contribution in [0.1, 0.15) is 151 Å². The van der Waals surface area contributed by atoms with Gasteiger partial charge in [0.1, 0.15) is 72.5 Å². The van der Waals surface area contributed by atoms with E-state index in [-0.39, 0.29) is 38.8 Å². The molecule has 104 heavy (non-hydrogen) atoms. The van der Waals surface area contributed by atoms with Crippen LogP contribution >= 0.6 is 0 Å². The van der Waals surface area contributed by atoms with Gasteiger partial charge in [-0.3, -0.25) is 81.5 Å². The summed E-state index contributed by atoms with van der Waals surface area (Å²) in [5.41, 5.74) is 28.2. The van der Waals surface area contributed by atoms with Gasteiger partial charge in [0.2, 0.25) is 94.5 Å². The third kappa shape index (κ3) is 28.8. The van der Waals surface area contributed by atoms with Crippen LogP contribution in [0, 0.1) is 17.8 Å². The zero-order chi connectivity index (χ0) is 78.4. The number of aromatic nitrogens is 2. The third-order valence-corrected chi connectivity index (χ3v) is 17.2. The first-order valence-electron chi connectivity index (χ1n) is 34.4. The van der Waals surface area contributed by atoms with Crippen LogP contribution in [0.4, 0.5) is 0 Å². The number of carboxylic acids is 2. The number of imidazole rings is 1. The molecule has 2 fully saturated rings. The molecule has 0 spiro atoms. The summed E-state index contributed by atoms with van der Waals surface area (Å²) in [6.07, 6.45) is 1.36. The number of rotatable bonds is 45. The molecule has 2 saturated heterocycles. The van der Waals surface area contributed by atoms with Gasteiger partial charge in [-0.1, -0.05) is 48.0 Å². The fourth-order valence-corrected chi connectivity index (χ4v) is 11.3. The van der Waals surface area contributed by atoms with Crippen LogP contribution in [0.5, 0.6) is 0 Å². The van der Waals surface area contributed by atoms with Crippen LogP contribution in [0.25, 0.3) is 0 Å². The third-order valence-electron chi connectivity index (χ3n) is 17.2. The van der Waals surface area contributed by atoms with E-state index in [0.29, 0.717) is 44.3 Å². The molecule has 3 rings (SSSR count). The van der Waals surface area contributed by atoms with Gasteiger partial charge in [0.15, 0.2) is 0 Å². The molecule has 2 aliphatic rings. The average molecular weight is 1470 g/mol. The number of unbranched alkanes of at least 4 members (excludes halogenated alkanes) is 1. The molecule has 16 amide bonds. The number of aliphatic carboxylic acids is 2. The summed E-state index contributed by atoms with van der Waals surface area (Å²) in [5.74, 6) is -19.4.